The lowest BCUT2D eigenvalue weighted by Gasteiger charge is -2.12. The van der Waals surface area contributed by atoms with E-state index < -0.39 is 26.7 Å². The number of benzene rings is 2. The van der Waals surface area contributed by atoms with Crippen LogP contribution in [0.5, 0.6) is 0 Å². The van der Waals surface area contributed by atoms with E-state index in [0.717, 1.165) is 17.7 Å². The van der Waals surface area contributed by atoms with Crippen LogP contribution in [0.3, 0.4) is 0 Å². The highest BCUT2D eigenvalue weighted by atomic mass is 35.5. The first-order chi connectivity index (χ1) is 15.5. The molecule has 0 saturated heterocycles. The molecule has 0 atom stereocenters. The number of sulfonamides is 1. The third-order valence-corrected chi connectivity index (χ3v) is 7.49. The second-order valence-corrected chi connectivity index (χ2v) is 10.2. The van der Waals surface area contributed by atoms with Crippen molar-refractivity contribution in [1.82, 2.24) is 9.71 Å². The molecule has 0 spiro atoms. The number of thiazole rings is 1. The standard InChI is InChI=1S/C21H19ClF3N3O3S2/c1-13-5-2-3-6-15(13)19(29)17-12-27-20(32-17)26-9-4-10-28-33(30,31)18-11-14(21(23,24)25)7-8-16(18)22/h2-3,5-8,11-12,28H,4,9-10H2,1H3,(H,26,27). The van der Waals surface area contributed by atoms with Crippen molar-refractivity contribution in [3.8, 4) is 0 Å². The van der Waals surface area contributed by atoms with Crippen molar-refractivity contribution in [3.05, 3.63) is 75.3 Å². The summed E-state index contributed by atoms with van der Waals surface area (Å²) in [4.78, 5) is 16.6. The Morgan fingerprint density at radius 2 is 1.88 bits per heavy atom. The molecule has 2 N–H and O–H groups in total. The average molecular weight is 518 g/mol. The lowest BCUT2D eigenvalue weighted by Crippen LogP contribution is -2.26. The minimum atomic E-state index is -4.69. The number of hydrogen-bond acceptors (Lipinski definition) is 6. The van der Waals surface area contributed by atoms with Gasteiger partial charge in [0.05, 0.1) is 21.7 Å². The molecule has 0 bridgehead atoms. The van der Waals surface area contributed by atoms with E-state index in [1.165, 1.54) is 17.5 Å². The molecular formula is C21H19ClF3N3O3S2. The molecule has 3 rings (SSSR count). The maximum Gasteiger partial charge on any atom is 0.416 e. The highest BCUT2D eigenvalue weighted by Gasteiger charge is 2.32. The number of carbonyl (C=O) groups is 1. The first kappa shape index (κ1) is 25.2. The molecule has 3 aromatic rings. The minimum Gasteiger partial charge on any atom is -0.361 e. The zero-order chi connectivity index (χ0) is 24.2. The topological polar surface area (TPSA) is 88.2 Å². The normalized spacial score (nSPS) is 12.0. The van der Waals surface area contributed by atoms with E-state index in [1.807, 2.05) is 19.1 Å². The van der Waals surface area contributed by atoms with E-state index in [9.17, 15) is 26.4 Å². The Bertz CT molecular complexity index is 1260. The SMILES string of the molecule is Cc1ccccc1C(=O)c1cnc(NCCCNS(=O)(=O)c2cc(C(F)(F)F)ccc2Cl)s1. The van der Waals surface area contributed by atoms with E-state index in [4.69, 9.17) is 11.6 Å². The number of halogens is 4. The molecule has 1 heterocycles. The molecule has 2 aromatic carbocycles. The van der Waals surface area contributed by atoms with Crippen LogP contribution in [0.4, 0.5) is 18.3 Å². The van der Waals surface area contributed by atoms with Gasteiger partial charge in [-0.3, -0.25) is 4.79 Å². The van der Waals surface area contributed by atoms with Crippen molar-refractivity contribution in [2.24, 2.45) is 0 Å². The molecule has 0 aliphatic heterocycles. The van der Waals surface area contributed by atoms with Crippen molar-refractivity contribution in [2.75, 3.05) is 18.4 Å². The van der Waals surface area contributed by atoms with Crippen LogP contribution >= 0.6 is 22.9 Å². The third-order valence-electron chi connectivity index (χ3n) is 4.59. The smallest absolute Gasteiger partial charge is 0.361 e. The first-order valence-corrected chi connectivity index (χ1v) is 12.3. The van der Waals surface area contributed by atoms with Gasteiger partial charge in [0.2, 0.25) is 15.8 Å². The molecule has 0 unspecified atom stereocenters. The van der Waals surface area contributed by atoms with Crippen molar-refractivity contribution in [2.45, 2.75) is 24.4 Å². The second kappa shape index (κ2) is 10.2. The number of hydrogen-bond donors (Lipinski definition) is 2. The fourth-order valence-corrected chi connectivity index (χ4v) is 5.27. The summed E-state index contributed by atoms with van der Waals surface area (Å²) in [5.41, 5.74) is 0.350. The highest BCUT2D eigenvalue weighted by Crippen LogP contribution is 2.33. The molecule has 0 fully saturated rings. The van der Waals surface area contributed by atoms with Gasteiger partial charge in [-0.2, -0.15) is 13.2 Å². The van der Waals surface area contributed by atoms with E-state index in [1.54, 1.807) is 12.1 Å². The minimum absolute atomic E-state index is 0.0394. The molecule has 12 heteroatoms. The van der Waals surface area contributed by atoms with E-state index in [0.29, 0.717) is 34.6 Å². The molecule has 0 aliphatic carbocycles. The zero-order valence-corrected chi connectivity index (χ0v) is 19.6. The number of aromatic nitrogens is 1. The summed E-state index contributed by atoms with van der Waals surface area (Å²) < 4.78 is 65.6. The van der Waals surface area contributed by atoms with Crippen LogP contribution in [0.2, 0.25) is 5.02 Å². The fraction of sp³-hybridized carbons (Fsp3) is 0.238. The van der Waals surface area contributed by atoms with Crippen LogP contribution < -0.4 is 10.0 Å². The van der Waals surface area contributed by atoms with Gasteiger partial charge >= 0.3 is 6.18 Å². The van der Waals surface area contributed by atoms with Gasteiger partial charge in [-0.05, 0) is 37.1 Å². The van der Waals surface area contributed by atoms with Gasteiger partial charge in [-0.1, -0.05) is 47.2 Å². The molecule has 0 saturated carbocycles. The summed E-state index contributed by atoms with van der Waals surface area (Å²) in [6.07, 6.45) is -2.90. The summed E-state index contributed by atoms with van der Waals surface area (Å²) in [6.45, 7) is 2.13. The predicted octanol–water partition coefficient (Wildman–Crippen LogP) is 5.14. The van der Waals surface area contributed by atoms with Gasteiger partial charge in [0, 0.05) is 18.7 Å². The second-order valence-electron chi connectivity index (χ2n) is 6.99. The van der Waals surface area contributed by atoms with E-state index in [2.05, 4.69) is 15.0 Å². The lowest BCUT2D eigenvalue weighted by molar-refractivity contribution is -0.137. The van der Waals surface area contributed by atoms with Gasteiger partial charge in [-0.25, -0.2) is 18.1 Å². The summed E-state index contributed by atoms with van der Waals surface area (Å²) >= 11 is 6.98. The molecule has 176 valence electrons. The van der Waals surface area contributed by atoms with Crippen LogP contribution in [0.25, 0.3) is 0 Å². The zero-order valence-electron chi connectivity index (χ0n) is 17.2. The Kier molecular flexibility index (Phi) is 7.78. The monoisotopic (exact) mass is 517 g/mol. The number of ketones is 1. The van der Waals surface area contributed by atoms with Crippen molar-refractivity contribution < 1.29 is 26.4 Å². The number of rotatable bonds is 9. The third kappa shape index (κ3) is 6.32. The van der Waals surface area contributed by atoms with Crippen molar-refractivity contribution in [1.29, 1.82) is 0 Å². The summed E-state index contributed by atoms with van der Waals surface area (Å²) in [7, 11) is -4.23. The van der Waals surface area contributed by atoms with Crippen LogP contribution in [-0.2, 0) is 16.2 Å². The maximum atomic E-state index is 12.9. The number of anilines is 1. The summed E-state index contributed by atoms with van der Waals surface area (Å²) in [6, 6.07) is 9.35. The van der Waals surface area contributed by atoms with Crippen LogP contribution in [-0.4, -0.2) is 32.3 Å². The quantitative estimate of drug-likeness (QED) is 0.303. The largest absolute Gasteiger partial charge is 0.416 e. The molecule has 0 aliphatic rings. The summed E-state index contributed by atoms with van der Waals surface area (Å²) in [5.74, 6) is -0.135. The van der Waals surface area contributed by atoms with Gasteiger partial charge in [0.25, 0.3) is 0 Å². The number of alkyl halides is 3. The van der Waals surface area contributed by atoms with Gasteiger partial charge in [0.15, 0.2) is 5.13 Å². The molecule has 6 nitrogen and oxygen atoms in total. The molecular weight excluding hydrogens is 499 g/mol. The first-order valence-electron chi connectivity index (χ1n) is 9.65. The Morgan fingerprint density at radius 3 is 2.58 bits per heavy atom. The Morgan fingerprint density at radius 1 is 1.15 bits per heavy atom. The van der Waals surface area contributed by atoms with Gasteiger partial charge in [-0.15, -0.1) is 0 Å². The number of nitrogens with one attached hydrogen (secondary N) is 2. The summed E-state index contributed by atoms with van der Waals surface area (Å²) in [5, 5.41) is 3.19. The Hall–Kier alpha value is -2.47. The molecule has 33 heavy (non-hydrogen) atoms. The number of carbonyl (C=O) groups excluding carboxylic acids is 1. The fourth-order valence-electron chi connectivity index (χ4n) is 2.87. The van der Waals surface area contributed by atoms with Crippen LogP contribution in [0.15, 0.2) is 53.6 Å². The van der Waals surface area contributed by atoms with Crippen LogP contribution in [0.1, 0.15) is 32.8 Å². The van der Waals surface area contributed by atoms with Crippen LogP contribution in [0, 0.1) is 6.92 Å². The predicted molar refractivity (Wildman–Crippen MR) is 121 cm³/mol. The average Bonchev–Trinajstić information content (AvgIpc) is 3.21. The highest BCUT2D eigenvalue weighted by molar-refractivity contribution is 7.89. The Labute approximate surface area is 197 Å². The van der Waals surface area contributed by atoms with E-state index in [-0.39, 0.29) is 17.4 Å². The molecule has 1 aromatic heterocycles. The number of nitrogens with zero attached hydrogens (tertiary/aromatic N) is 1. The molecule has 0 amide bonds. The maximum absolute atomic E-state index is 12.9. The van der Waals surface area contributed by atoms with Gasteiger partial charge < -0.3 is 5.32 Å². The molecule has 0 radical (unpaired) electrons. The van der Waals surface area contributed by atoms with E-state index >= 15 is 0 Å². The van der Waals surface area contributed by atoms with Crippen molar-refractivity contribution in [3.63, 3.8) is 0 Å². The Balaban J connectivity index is 1.53. The van der Waals surface area contributed by atoms with Gasteiger partial charge in [0.1, 0.15) is 4.90 Å². The van der Waals surface area contributed by atoms with Crippen molar-refractivity contribution >= 4 is 43.9 Å². The number of aryl methyl sites for hydroxylation is 1. The lowest BCUT2D eigenvalue weighted by atomic mass is 10.0.